The third-order valence-corrected chi connectivity index (χ3v) is 6.67. The fraction of sp³-hybridized carbons (Fsp3) is 0.345. The van der Waals surface area contributed by atoms with Crippen molar-refractivity contribution in [2.24, 2.45) is 0 Å². The number of pyridine rings is 1. The highest BCUT2D eigenvalue weighted by Crippen LogP contribution is 2.24. The van der Waals surface area contributed by atoms with Gasteiger partial charge in [-0.05, 0) is 71.8 Å². The summed E-state index contributed by atoms with van der Waals surface area (Å²) >= 11 is 0. The molecule has 4 rings (SSSR count). The lowest BCUT2D eigenvalue weighted by Crippen LogP contribution is -2.33. The highest BCUT2D eigenvalue weighted by atomic mass is 16.5. The number of nitrogens with one attached hydrogen (secondary N) is 2. The van der Waals surface area contributed by atoms with Crippen molar-refractivity contribution < 1.29 is 19.4 Å². The third kappa shape index (κ3) is 6.36. The van der Waals surface area contributed by atoms with E-state index in [1.807, 2.05) is 30.3 Å². The van der Waals surface area contributed by atoms with Gasteiger partial charge in [0.25, 0.3) is 11.8 Å². The summed E-state index contributed by atoms with van der Waals surface area (Å²) in [5, 5.41) is 16.1. The first kappa shape index (κ1) is 25.5. The van der Waals surface area contributed by atoms with Crippen LogP contribution in [-0.4, -0.2) is 48.3 Å². The van der Waals surface area contributed by atoms with Crippen molar-refractivity contribution >= 4 is 11.8 Å². The molecule has 0 saturated heterocycles. The van der Waals surface area contributed by atoms with Crippen LogP contribution in [0.15, 0.2) is 67.0 Å². The number of methoxy groups -OCH3 is 1. The lowest BCUT2D eigenvalue weighted by atomic mass is 9.97. The predicted molar refractivity (Wildman–Crippen MR) is 139 cm³/mol. The Bertz CT molecular complexity index is 1180. The summed E-state index contributed by atoms with van der Waals surface area (Å²) in [5.41, 5.74) is 4.58. The van der Waals surface area contributed by atoms with Crippen molar-refractivity contribution in [3.8, 4) is 11.1 Å². The maximum Gasteiger partial charge on any atom is 0.252 e. The first-order valence-electron chi connectivity index (χ1n) is 12.4. The number of benzene rings is 2. The van der Waals surface area contributed by atoms with Gasteiger partial charge in [-0.15, -0.1) is 0 Å². The maximum absolute atomic E-state index is 13.3. The zero-order valence-electron chi connectivity index (χ0n) is 20.6. The molecule has 0 bridgehead atoms. The Labute approximate surface area is 211 Å². The second kappa shape index (κ2) is 12.4. The second-order valence-electron chi connectivity index (χ2n) is 9.14. The number of ether oxygens (including phenoxy) is 1. The number of hydrogen-bond donors (Lipinski definition) is 3. The van der Waals surface area contributed by atoms with Gasteiger partial charge in [0.2, 0.25) is 0 Å². The molecule has 36 heavy (non-hydrogen) atoms. The van der Waals surface area contributed by atoms with Crippen LogP contribution < -0.4 is 10.6 Å². The Morgan fingerprint density at radius 1 is 1.03 bits per heavy atom. The summed E-state index contributed by atoms with van der Waals surface area (Å²) in [7, 11) is 1.63. The quantitative estimate of drug-likeness (QED) is 0.400. The van der Waals surface area contributed by atoms with E-state index in [2.05, 4.69) is 15.6 Å². The summed E-state index contributed by atoms with van der Waals surface area (Å²) in [6.45, 7) is 0.184. The average molecular weight is 488 g/mol. The van der Waals surface area contributed by atoms with Gasteiger partial charge in [0.05, 0.1) is 19.3 Å². The van der Waals surface area contributed by atoms with E-state index >= 15 is 0 Å². The van der Waals surface area contributed by atoms with E-state index in [1.54, 1.807) is 43.8 Å². The van der Waals surface area contributed by atoms with E-state index in [-0.39, 0.29) is 24.5 Å². The highest BCUT2D eigenvalue weighted by molar-refractivity contribution is 5.97. The fourth-order valence-electron chi connectivity index (χ4n) is 4.66. The maximum atomic E-state index is 13.3. The minimum atomic E-state index is -0.646. The minimum absolute atomic E-state index is 0.125. The van der Waals surface area contributed by atoms with Crippen LogP contribution in [0.1, 0.15) is 63.6 Å². The Morgan fingerprint density at radius 2 is 1.81 bits per heavy atom. The molecule has 1 aromatic heterocycles. The topological polar surface area (TPSA) is 101 Å². The standard InChI is InChI=1S/C29H33N3O4/c1-36-16-13-22-17-21(20-11-14-30-15-12-20)9-10-26(22)29(35)32-27(19-33)23-5-4-6-24(18-23)28(34)31-25-7-2-3-8-25/h4-6,9-12,14-15,17-18,25,27,33H,2-3,7-8,13,16,19H2,1H3,(H,31,34)(H,32,35)/t27-/m1/s1. The first-order chi connectivity index (χ1) is 17.6. The number of carbonyl (C=O) groups is 2. The summed E-state index contributed by atoms with van der Waals surface area (Å²) in [6, 6.07) is 16.2. The molecule has 1 saturated carbocycles. The molecule has 188 valence electrons. The van der Waals surface area contributed by atoms with Crippen LogP contribution in [0.3, 0.4) is 0 Å². The number of amides is 2. The van der Waals surface area contributed by atoms with Crippen molar-refractivity contribution in [3.05, 3.63) is 89.2 Å². The van der Waals surface area contributed by atoms with Gasteiger partial charge in [-0.3, -0.25) is 14.6 Å². The number of carbonyl (C=O) groups excluding carboxylic acids is 2. The smallest absolute Gasteiger partial charge is 0.252 e. The zero-order valence-corrected chi connectivity index (χ0v) is 20.6. The van der Waals surface area contributed by atoms with E-state index in [1.165, 1.54) is 0 Å². The molecule has 1 aliphatic carbocycles. The molecule has 1 aliphatic rings. The fourth-order valence-corrected chi connectivity index (χ4v) is 4.66. The minimum Gasteiger partial charge on any atom is -0.394 e. The molecule has 0 radical (unpaired) electrons. The van der Waals surface area contributed by atoms with Gasteiger partial charge in [-0.1, -0.05) is 37.1 Å². The summed E-state index contributed by atoms with van der Waals surface area (Å²) in [4.78, 5) is 30.1. The number of hydrogen-bond acceptors (Lipinski definition) is 5. The molecule has 1 heterocycles. The van der Waals surface area contributed by atoms with Gasteiger partial charge in [0.15, 0.2) is 0 Å². The van der Waals surface area contributed by atoms with Crippen molar-refractivity contribution in [2.45, 2.75) is 44.2 Å². The predicted octanol–water partition coefficient (Wildman–Crippen LogP) is 4.07. The van der Waals surface area contributed by atoms with Crippen LogP contribution in [0.25, 0.3) is 11.1 Å². The Morgan fingerprint density at radius 3 is 2.53 bits per heavy atom. The van der Waals surface area contributed by atoms with E-state index in [4.69, 9.17) is 4.74 Å². The monoisotopic (exact) mass is 487 g/mol. The molecule has 7 heteroatoms. The molecular formula is C29H33N3O4. The number of rotatable bonds is 10. The van der Waals surface area contributed by atoms with Gasteiger partial charge in [0, 0.05) is 36.7 Å². The molecule has 2 amide bonds. The molecule has 0 spiro atoms. The van der Waals surface area contributed by atoms with E-state index < -0.39 is 6.04 Å². The lowest BCUT2D eigenvalue weighted by Gasteiger charge is -2.20. The van der Waals surface area contributed by atoms with Crippen molar-refractivity contribution in [1.29, 1.82) is 0 Å². The van der Waals surface area contributed by atoms with Crippen LogP contribution in [0, 0.1) is 0 Å². The Kier molecular flexibility index (Phi) is 8.81. The van der Waals surface area contributed by atoms with E-state index in [9.17, 15) is 14.7 Å². The Balaban J connectivity index is 1.52. The molecule has 7 nitrogen and oxygen atoms in total. The zero-order chi connectivity index (χ0) is 25.3. The molecule has 3 N–H and O–H groups in total. The van der Waals surface area contributed by atoms with Crippen LogP contribution >= 0.6 is 0 Å². The van der Waals surface area contributed by atoms with E-state index in [0.29, 0.717) is 29.7 Å². The Hall–Kier alpha value is -3.55. The van der Waals surface area contributed by atoms with Crippen LogP contribution in [0.5, 0.6) is 0 Å². The molecule has 0 unspecified atom stereocenters. The van der Waals surface area contributed by atoms with Gasteiger partial charge >= 0.3 is 0 Å². The SMILES string of the molecule is COCCc1cc(-c2ccncc2)ccc1C(=O)N[C@H](CO)c1cccc(C(=O)NC2CCCC2)c1. The molecule has 1 fully saturated rings. The number of aromatic nitrogens is 1. The third-order valence-electron chi connectivity index (χ3n) is 6.67. The molecule has 1 atom stereocenters. The van der Waals surface area contributed by atoms with E-state index in [0.717, 1.165) is 42.4 Å². The van der Waals surface area contributed by atoms with Gasteiger partial charge < -0.3 is 20.5 Å². The first-order valence-corrected chi connectivity index (χ1v) is 12.4. The van der Waals surface area contributed by atoms with Crippen LogP contribution in [0.2, 0.25) is 0 Å². The van der Waals surface area contributed by atoms with Crippen molar-refractivity contribution in [3.63, 3.8) is 0 Å². The summed E-state index contributed by atoms with van der Waals surface area (Å²) in [6.07, 6.45) is 8.33. The molecule has 3 aromatic rings. The molecule has 0 aliphatic heterocycles. The average Bonchev–Trinajstić information content (AvgIpc) is 3.44. The van der Waals surface area contributed by atoms with Crippen molar-refractivity contribution in [1.82, 2.24) is 15.6 Å². The van der Waals surface area contributed by atoms with Crippen LogP contribution in [-0.2, 0) is 11.2 Å². The van der Waals surface area contributed by atoms with Crippen molar-refractivity contribution in [2.75, 3.05) is 20.3 Å². The number of aliphatic hydroxyl groups is 1. The molecular weight excluding hydrogens is 454 g/mol. The second-order valence-corrected chi connectivity index (χ2v) is 9.14. The molecule has 2 aromatic carbocycles. The highest BCUT2D eigenvalue weighted by Gasteiger charge is 2.21. The summed E-state index contributed by atoms with van der Waals surface area (Å²) < 4.78 is 5.26. The van der Waals surface area contributed by atoms with Gasteiger partial charge in [0.1, 0.15) is 0 Å². The number of nitrogens with zero attached hydrogens (tertiary/aromatic N) is 1. The largest absolute Gasteiger partial charge is 0.394 e. The van der Waals surface area contributed by atoms with Gasteiger partial charge in [-0.2, -0.15) is 0 Å². The van der Waals surface area contributed by atoms with Crippen LogP contribution in [0.4, 0.5) is 0 Å². The van der Waals surface area contributed by atoms with Gasteiger partial charge in [-0.25, -0.2) is 0 Å². The summed E-state index contributed by atoms with van der Waals surface area (Å²) in [5.74, 6) is -0.414. The lowest BCUT2D eigenvalue weighted by molar-refractivity contribution is 0.0914. The number of aliphatic hydroxyl groups excluding tert-OH is 1. The normalized spacial score (nSPS) is 14.4.